The van der Waals surface area contributed by atoms with E-state index in [4.69, 9.17) is 0 Å². The van der Waals surface area contributed by atoms with Crippen LogP contribution < -0.4 is 5.56 Å². The first-order chi connectivity index (χ1) is 7.18. The van der Waals surface area contributed by atoms with Crippen LogP contribution in [0.1, 0.15) is 11.3 Å². The van der Waals surface area contributed by atoms with Crippen molar-refractivity contribution in [2.75, 3.05) is 0 Å². The van der Waals surface area contributed by atoms with Gasteiger partial charge in [0.05, 0.1) is 0 Å². The Hall–Kier alpha value is -1.90. The molecule has 0 fully saturated rings. The summed E-state index contributed by atoms with van der Waals surface area (Å²) in [5.41, 5.74) is 1.92. The zero-order valence-electron chi connectivity index (χ0n) is 8.77. The van der Waals surface area contributed by atoms with E-state index in [1.807, 2.05) is 32.0 Å². The SMILES string of the molecule is Cc1ccc(-n2c(C)cccc2=O)nc1. The first-order valence-electron chi connectivity index (χ1n) is 4.80. The van der Waals surface area contributed by atoms with Gasteiger partial charge in [0, 0.05) is 18.0 Å². The second-order valence-electron chi connectivity index (χ2n) is 3.53. The molecule has 2 rings (SSSR count). The van der Waals surface area contributed by atoms with E-state index >= 15 is 0 Å². The van der Waals surface area contributed by atoms with E-state index in [2.05, 4.69) is 4.98 Å². The number of aryl methyl sites for hydroxylation is 2. The van der Waals surface area contributed by atoms with E-state index < -0.39 is 0 Å². The van der Waals surface area contributed by atoms with Gasteiger partial charge in [-0.2, -0.15) is 0 Å². The van der Waals surface area contributed by atoms with Gasteiger partial charge in [0.15, 0.2) is 0 Å². The lowest BCUT2D eigenvalue weighted by Gasteiger charge is -2.07. The smallest absolute Gasteiger partial charge is 0.256 e. The highest BCUT2D eigenvalue weighted by Gasteiger charge is 2.02. The highest BCUT2D eigenvalue weighted by atomic mass is 16.1. The summed E-state index contributed by atoms with van der Waals surface area (Å²) >= 11 is 0. The maximum absolute atomic E-state index is 11.6. The second-order valence-corrected chi connectivity index (χ2v) is 3.53. The summed E-state index contributed by atoms with van der Waals surface area (Å²) in [6, 6.07) is 8.98. The minimum absolute atomic E-state index is 0.0497. The molecule has 2 aromatic heterocycles. The van der Waals surface area contributed by atoms with E-state index in [0.717, 1.165) is 11.3 Å². The summed E-state index contributed by atoms with van der Waals surface area (Å²) in [5, 5.41) is 0. The van der Waals surface area contributed by atoms with Crippen molar-refractivity contribution in [1.82, 2.24) is 9.55 Å². The molecule has 2 aromatic rings. The lowest BCUT2D eigenvalue weighted by Crippen LogP contribution is -2.19. The van der Waals surface area contributed by atoms with Gasteiger partial charge in [0.1, 0.15) is 5.82 Å². The van der Waals surface area contributed by atoms with Gasteiger partial charge < -0.3 is 0 Å². The molecule has 15 heavy (non-hydrogen) atoms. The molecule has 76 valence electrons. The first-order valence-corrected chi connectivity index (χ1v) is 4.80. The number of rotatable bonds is 1. The standard InChI is InChI=1S/C12H12N2O/c1-9-6-7-11(13-8-9)14-10(2)4-3-5-12(14)15/h3-8H,1-2H3. The summed E-state index contributed by atoms with van der Waals surface area (Å²) in [6.45, 7) is 3.86. The maximum atomic E-state index is 11.6. The van der Waals surface area contributed by atoms with Crippen LogP contribution in [-0.2, 0) is 0 Å². The molecule has 3 heteroatoms. The van der Waals surface area contributed by atoms with Crippen LogP contribution in [0.5, 0.6) is 0 Å². The van der Waals surface area contributed by atoms with Crippen molar-refractivity contribution in [3.63, 3.8) is 0 Å². The third kappa shape index (κ3) is 1.81. The van der Waals surface area contributed by atoms with Crippen molar-refractivity contribution >= 4 is 0 Å². The van der Waals surface area contributed by atoms with Gasteiger partial charge in [-0.05, 0) is 31.5 Å². The van der Waals surface area contributed by atoms with E-state index in [1.165, 1.54) is 6.07 Å². The van der Waals surface area contributed by atoms with Crippen molar-refractivity contribution in [2.24, 2.45) is 0 Å². The zero-order chi connectivity index (χ0) is 10.8. The molecule has 0 radical (unpaired) electrons. The Kier molecular flexibility index (Phi) is 2.37. The number of hydrogen-bond donors (Lipinski definition) is 0. The molecule has 0 aromatic carbocycles. The molecule has 0 unspecified atom stereocenters. The fourth-order valence-electron chi connectivity index (χ4n) is 1.48. The van der Waals surface area contributed by atoms with Crippen molar-refractivity contribution < 1.29 is 0 Å². The molecule has 0 atom stereocenters. The fourth-order valence-corrected chi connectivity index (χ4v) is 1.48. The van der Waals surface area contributed by atoms with Gasteiger partial charge in [0.2, 0.25) is 0 Å². The summed E-state index contributed by atoms with van der Waals surface area (Å²) < 4.78 is 1.60. The predicted molar refractivity (Wildman–Crippen MR) is 59.3 cm³/mol. The van der Waals surface area contributed by atoms with Gasteiger partial charge in [-0.1, -0.05) is 12.1 Å². The predicted octanol–water partition coefficient (Wildman–Crippen LogP) is 1.85. The normalized spacial score (nSPS) is 10.3. The van der Waals surface area contributed by atoms with Crippen molar-refractivity contribution in [1.29, 1.82) is 0 Å². The third-order valence-electron chi connectivity index (χ3n) is 2.27. The molecule has 0 saturated carbocycles. The van der Waals surface area contributed by atoms with Gasteiger partial charge in [-0.25, -0.2) is 4.98 Å². The number of aromatic nitrogens is 2. The molecule has 0 spiro atoms. The number of pyridine rings is 2. The van der Waals surface area contributed by atoms with E-state index in [9.17, 15) is 4.79 Å². The van der Waals surface area contributed by atoms with E-state index in [1.54, 1.807) is 16.8 Å². The quantitative estimate of drug-likeness (QED) is 0.704. The first kappa shape index (κ1) is 9.65. The van der Waals surface area contributed by atoms with E-state index in [-0.39, 0.29) is 5.56 Å². The molecule has 0 aliphatic carbocycles. The van der Waals surface area contributed by atoms with Gasteiger partial charge in [-0.15, -0.1) is 0 Å². The Morgan fingerprint density at radius 2 is 1.93 bits per heavy atom. The van der Waals surface area contributed by atoms with Crippen molar-refractivity contribution in [2.45, 2.75) is 13.8 Å². The summed E-state index contributed by atoms with van der Waals surface area (Å²) in [6.07, 6.45) is 1.76. The van der Waals surface area contributed by atoms with Gasteiger partial charge >= 0.3 is 0 Å². The van der Waals surface area contributed by atoms with Crippen molar-refractivity contribution in [3.05, 3.63) is 58.1 Å². The Morgan fingerprint density at radius 3 is 2.53 bits per heavy atom. The van der Waals surface area contributed by atoms with Gasteiger partial charge in [0.25, 0.3) is 5.56 Å². The largest absolute Gasteiger partial charge is 0.269 e. The molecule has 0 aliphatic heterocycles. The topological polar surface area (TPSA) is 34.9 Å². The molecule has 0 saturated heterocycles. The lowest BCUT2D eigenvalue weighted by atomic mass is 10.3. The molecular weight excluding hydrogens is 188 g/mol. The summed E-state index contributed by atoms with van der Waals surface area (Å²) in [4.78, 5) is 15.9. The van der Waals surface area contributed by atoms with Crippen LogP contribution in [0.25, 0.3) is 5.82 Å². The van der Waals surface area contributed by atoms with Crippen LogP contribution in [-0.4, -0.2) is 9.55 Å². The molecule has 0 bridgehead atoms. The lowest BCUT2D eigenvalue weighted by molar-refractivity contribution is 0.894. The number of nitrogens with zero attached hydrogens (tertiary/aromatic N) is 2. The van der Waals surface area contributed by atoms with Crippen LogP contribution in [0.3, 0.4) is 0 Å². The molecule has 0 amide bonds. The highest BCUT2D eigenvalue weighted by molar-refractivity contribution is 5.28. The van der Waals surface area contributed by atoms with Crippen LogP contribution in [0.4, 0.5) is 0 Å². The monoisotopic (exact) mass is 200 g/mol. The summed E-state index contributed by atoms with van der Waals surface area (Å²) in [7, 11) is 0. The van der Waals surface area contributed by atoms with Crippen LogP contribution in [0.2, 0.25) is 0 Å². The average molecular weight is 200 g/mol. The van der Waals surface area contributed by atoms with E-state index in [0.29, 0.717) is 5.82 Å². The molecule has 0 aliphatic rings. The van der Waals surface area contributed by atoms with Crippen LogP contribution in [0, 0.1) is 13.8 Å². The zero-order valence-corrected chi connectivity index (χ0v) is 8.77. The fraction of sp³-hybridized carbons (Fsp3) is 0.167. The van der Waals surface area contributed by atoms with Crippen molar-refractivity contribution in [3.8, 4) is 5.82 Å². The third-order valence-corrected chi connectivity index (χ3v) is 2.27. The highest BCUT2D eigenvalue weighted by Crippen LogP contribution is 2.05. The second kappa shape index (κ2) is 3.69. The Morgan fingerprint density at radius 1 is 1.13 bits per heavy atom. The Bertz CT molecular complexity index is 526. The number of hydrogen-bond acceptors (Lipinski definition) is 2. The summed E-state index contributed by atoms with van der Waals surface area (Å²) in [5.74, 6) is 0.670. The maximum Gasteiger partial charge on any atom is 0.256 e. The molecule has 3 nitrogen and oxygen atoms in total. The molecule has 2 heterocycles. The molecular formula is C12H12N2O. The van der Waals surface area contributed by atoms with Crippen LogP contribution in [0.15, 0.2) is 41.3 Å². The Labute approximate surface area is 88.0 Å². The minimum atomic E-state index is -0.0497. The minimum Gasteiger partial charge on any atom is -0.269 e. The average Bonchev–Trinajstić information content (AvgIpc) is 2.20. The Balaban J connectivity index is 2.64. The van der Waals surface area contributed by atoms with Gasteiger partial charge in [-0.3, -0.25) is 9.36 Å². The van der Waals surface area contributed by atoms with Crippen LogP contribution >= 0.6 is 0 Å². The molecule has 0 N–H and O–H groups in total.